The number of amides is 2. The third kappa shape index (κ3) is 2.56. The largest absolute Gasteiger partial charge is 0.334 e. The summed E-state index contributed by atoms with van der Waals surface area (Å²) < 4.78 is 1.01. The van der Waals surface area contributed by atoms with E-state index in [0.717, 1.165) is 15.7 Å². The highest BCUT2D eigenvalue weighted by molar-refractivity contribution is 9.10. The van der Waals surface area contributed by atoms with Crippen molar-refractivity contribution >= 4 is 33.4 Å². The van der Waals surface area contributed by atoms with Crippen molar-refractivity contribution in [2.24, 2.45) is 0 Å². The summed E-state index contributed by atoms with van der Waals surface area (Å²) in [7, 11) is 1.67. The number of likely N-dealkylation sites (tertiary alicyclic amines) is 1. The van der Waals surface area contributed by atoms with Crippen LogP contribution in [0.15, 0.2) is 22.7 Å². The number of carbonyl (C=O) groups excluding carboxylic acids is 2. The topological polar surface area (TPSA) is 49.4 Å². The number of carbonyl (C=O) groups is 2. The van der Waals surface area contributed by atoms with Crippen LogP contribution in [0.2, 0.25) is 0 Å². The summed E-state index contributed by atoms with van der Waals surface area (Å²) in [6.45, 7) is 1.96. The normalized spacial score (nSPS) is 19.2. The van der Waals surface area contributed by atoms with E-state index in [9.17, 15) is 9.59 Å². The van der Waals surface area contributed by atoms with Crippen molar-refractivity contribution in [1.82, 2.24) is 4.90 Å². The molecule has 0 saturated carbocycles. The second-order valence-electron chi connectivity index (χ2n) is 4.51. The van der Waals surface area contributed by atoms with Gasteiger partial charge in [0.1, 0.15) is 6.04 Å². The lowest BCUT2D eigenvalue weighted by atomic mass is 10.2. The van der Waals surface area contributed by atoms with Crippen LogP contribution in [0.4, 0.5) is 5.69 Å². The summed E-state index contributed by atoms with van der Waals surface area (Å²) in [6.07, 6.45) is 1.05. The van der Waals surface area contributed by atoms with Crippen molar-refractivity contribution in [2.45, 2.75) is 25.8 Å². The predicted octanol–water partition coefficient (Wildman–Crippen LogP) is 2.32. The van der Waals surface area contributed by atoms with Crippen LogP contribution < -0.4 is 5.32 Å². The van der Waals surface area contributed by atoms with Crippen LogP contribution in [0.1, 0.15) is 18.4 Å². The number of nitrogens with one attached hydrogen (secondary N) is 1. The van der Waals surface area contributed by atoms with Gasteiger partial charge in [-0.2, -0.15) is 0 Å². The molecule has 96 valence electrons. The van der Waals surface area contributed by atoms with E-state index in [4.69, 9.17) is 0 Å². The molecule has 1 atom stereocenters. The molecule has 5 heteroatoms. The maximum absolute atomic E-state index is 12.1. The zero-order valence-electron chi connectivity index (χ0n) is 10.4. The van der Waals surface area contributed by atoms with Crippen LogP contribution in [0, 0.1) is 6.92 Å². The van der Waals surface area contributed by atoms with Gasteiger partial charge in [-0.3, -0.25) is 9.59 Å². The fourth-order valence-electron chi connectivity index (χ4n) is 2.06. The number of hydrogen-bond donors (Lipinski definition) is 1. The van der Waals surface area contributed by atoms with Crippen LogP contribution >= 0.6 is 15.9 Å². The summed E-state index contributed by atoms with van der Waals surface area (Å²) in [6, 6.07) is 5.29. The Morgan fingerprint density at radius 1 is 1.50 bits per heavy atom. The van der Waals surface area contributed by atoms with Gasteiger partial charge in [0.15, 0.2) is 0 Å². The molecule has 2 amide bonds. The number of aryl methyl sites for hydroxylation is 1. The van der Waals surface area contributed by atoms with Gasteiger partial charge in [-0.25, -0.2) is 0 Å². The summed E-state index contributed by atoms with van der Waals surface area (Å²) in [4.78, 5) is 24.9. The van der Waals surface area contributed by atoms with Gasteiger partial charge in [0.05, 0.1) is 0 Å². The minimum absolute atomic E-state index is 0.0298. The van der Waals surface area contributed by atoms with Gasteiger partial charge in [0.25, 0.3) is 0 Å². The highest BCUT2D eigenvalue weighted by Gasteiger charge is 2.33. The number of likely N-dealkylation sites (N-methyl/N-ethyl adjacent to an activating group) is 1. The summed E-state index contributed by atoms with van der Waals surface area (Å²) >= 11 is 3.41. The Balaban J connectivity index is 2.07. The van der Waals surface area contributed by atoms with E-state index < -0.39 is 0 Å². The molecule has 1 aromatic rings. The Hall–Kier alpha value is -1.36. The molecular formula is C13H15BrN2O2. The third-order valence-corrected chi connectivity index (χ3v) is 4.11. The molecule has 1 aromatic carbocycles. The molecule has 1 unspecified atom stereocenters. The first-order valence-corrected chi connectivity index (χ1v) is 6.61. The minimum Gasteiger partial charge on any atom is -0.334 e. The maximum atomic E-state index is 12.1. The Bertz CT molecular complexity index is 502. The Kier molecular flexibility index (Phi) is 3.71. The smallest absolute Gasteiger partial charge is 0.247 e. The van der Waals surface area contributed by atoms with Crippen molar-refractivity contribution in [3.8, 4) is 0 Å². The van der Waals surface area contributed by atoms with E-state index >= 15 is 0 Å². The molecule has 0 aliphatic carbocycles. The van der Waals surface area contributed by atoms with Gasteiger partial charge < -0.3 is 10.2 Å². The lowest BCUT2D eigenvalue weighted by molar-refractivity contribution is -0.131. The molecule has 1 aliphatic heterocycles. The maximum Gasteiger partial charge on any atom is 0.247 e. The Labute approximate surface area is 114 Å². The van der Waals surface area contributed by atoms with Crippen molar-refractivity contribution in [3.63, 3.8) is 0 Å². The molecule has 1 fully saturated rings. The van der Waals surface area contributed by atoms with Crippen molar-refractivity contribution in [2.75, 3.05) is 12.4 Å². The number of nitrogens with zero attached hydrogens (tertiary/aromatic N) is 1. The average molecular weight is 311 g/mol. The van der Waals surface area contributed by atoms with Crippen molar-refractivity contribution in [3.05, 3.63) is 28.2 Å². The fraction of sp³-hybridized carbons (Fsp3) is 0.385. The summed E-state index contributed by atoms with van der Waals surface area (Å²) in [5.74, 6) is -0.0905. The second kappa shape index (κ2) is 5.10. The van der Waals surface area contributed by atoms with E-state index in [0.29, 0.717) is 12.8 Å². The van der Waals surface area contributed by atoms with E-state index in [2.05, 4.69) is 21.2 Å². The summed E-state index contributed by atoms with van der Waals surface area (Å²) in [5, 5.41) is 2.85. The molecule has 1 heterocycles. The van der Waals surface area contributed by atoms with E-state index in [1.165, 1.54) is 4.90 Å². The molecule has 2 rings (SSSR count). The van der Waals surface area contributed by atoms with Gasteiger partial charge >= 0.3 is 0 Å². The monoisotopic (exact) mass is 310 g/mol. The van der Waals surface area contributed by atoms with Gasteiger partial charge in [-0.15, -0.1) is 0 Å². The zero-order chi connectivity index (χ0) is 13.3. The number of hydrogen-bond acceptors (Lipinski definition) is 2. The highest BCUT2D eigenvalue weighted by Crippen LogP contribution is 2.22. The van der Waals surface area contributed by atoms with Gasteiger partial charge in [-0.1, -0.05) is 15.9 Å². The van der Waals surface area contributed by atoms with E-state index in [1.54, 1.807) is 7.05 Å². The van der Waals surface area contributed by atoms with E-state index in [1.807, 2.05) is 25.1 Å². The molecule has 0 radical (unpaired) electrons. The number of benzene rings is 1. The molecule has 4 nitrogen and oxygen atoms in total. The molecule has 0 spiro atoms. The second-order valence-corrected chi connectivity index (χ2v) is 5.37. The Morgan fingerprint density at radius 2 is 2.22 bits per heavy atom. The van der Waals surface area contributed by atoms with Crippen LogP contribution in [0.5, 0.6) is 0 Å². The summed E-state index contributed by atoms with van der Waals surface area (Å²) in [5.41, 5.74) is 1.82. The van der Waals surface area contributed by atoms with Gasteiger partial charge in [0, 0.05) is 23.6 Å². The molecular weight excluding hydrogens is 296 g/mol. The van der Waals surface area contributed by atoms with Crippen LogP contribution in [0.25, 0.3) is 0 Å². The molecule has 1 N–H and O–H groups in total. The first kappa shape index (κ1) is 13.1. The highest BCUT2D eigenvalue weighted by atomic mass is 79.9. The SMILES string of the molecule is Cc1cc(NC(=O)C2CCC(=O)N2C)ccc1Br. The molecule has 18 heavy (non-hydrogen) atoms. The molecule has 0 aromatic heterocycles. The van der Waals surface area contributed by atoms with Gasteiger partial charge in [-0.05, 0) is 37.1 Å². The minimum atomic E-state index is -0.346. The molecule has 1 saturated heterocycles. The van der Waals surface area contributed by atoms with Crippen LogP contribution in [-0.4, -0.2) is 29.8 Å². The lowest BCUT2D eigenvalue weighted by Crippen LogP contribution is -2.38. The van der Waals surface area contributed by atoms with Gasteiger partial charge in [0.2, 0.25) is 11.8 Å². The molecule has 1 aliphatic rings. The van der Waals surface area contributed by atoms with Crippen molar-refractivity contribution in [1.29, 1.82) is 0 Å². The first-order chi connectivity index (χ1) is 8.49. The molecule has 0 bridgehead atoms. The van der Waals surface area contributed by atoms with Crippen LogP contribution in [0.3, 0.4) is 0 Å². The van der Waals surface area contributed by atoms with E-state index in [-0.39, 0.29) is 17.9 Å². The Morgan fingerprint density at radius 3 is 2.78 bits per heavy atom. The van der Waals surface area contributed by atoms with Crippen LogP contribution in [-0.2, 0) is 9.59 Å². The predicted molar refractivity (Wildman–Crippen MR) is 73.3 cm³/mol. The fourth-order valence-corrected chi connectivity index (χ4v) is 2.31. The van der Waals surface area contributed by atoms with Crippen molar-refractivity contribution < 1.29 is 9.59 Å². The number of halogens is 1. The first-order valence-electron chi connectivity index (χ1n) is 5.81. The standard InChI is InChI=1S/C13H15BrN2O2/c1-8-7-9(3-4-10(8)14)15-13(18)11-5-6-12(17)16(11)2/h3-4,7,11H,5-6H2,1-2H3,(H,15,18). The average Bonchev–Trinajstić information content (AvgIpc) is 2.65. The number of anilines is 1. The quantitative estimate of drug-likeness (QED) is 0.911. The zero-order valence-corrected chi connectivity index (χ0v) is 12.0. The third-order valence-electron chi connectivity index (χ3n) is 3.22. The lowest BCUT2D eigenvalue weighted by Gasteiger charge is -2.19. The number of rotatable bonds is 2.